The van der Waals surface area contributed by atoms with Crippen LogP contribution in [0.5, 0.6) is 0 Å². The third-order valence-corrected chi connectivity index (χ3v) is 11.3. The maximum atomic E-state index is 2.81. The van der Waals surface area contributed by atoms with Crippen LogP contribution in [-0.4, -0.2) is 28.7 Å². The molecule has 2 radical (unpaired) electrons. The van der Waals surface area contributed by atoms with Crippen molar-refractivity contribution in [2.45, 2.75) is 51.4 Å². The summed E-state index contributed by atoms with van der Waals surface area (Å²) in [5.41, 5.74) is 1.91. The van der Waals surface area contributed by atoms with Gasteiger partial charge in [-0.05, 0) is 23.7 Å². The molecule has 0 saturated carbocycles. The Bertz CT molecular complexity index is 161. The molecule has 2 unspecified atom stereocenters. The van der Waals surface area contributed by atoms with Crippen molar-refractivity contribution in [3.63, 3.8) is 0 Å². The van der Waals surface area contributed by atoms with E-state index in [1.54, 1.807) is 0 Å². The van der Waals surface area contributed by atoms with Gasteiger partial charge < -0.3 is 4.23 Å². The number of rotatable bonds is 3. The summed E-state index contributed by atoms with van der Waals surface area (Å²) >= 11 is 0. The zero-order valence-corrected chi connectivity index (χ0v) is 11.0. The molecule has 0 aromatic heterocycles. The lowest BCUT2D eigenvalue weighted by Gasteiger charge is -2.55. The van der Waals surface area contributed by atoms with E-state index in [2.05, 4.69) is 38.5 Å². The van der Waals surface area contributed by atoms with Crippen LogP contribution in [0.1, 0.15) is 27.7 Å². The van der Waals surface area contributed by atoms with Crippen molar-refractivity contribution in [2.75, 3.05) is 6.54 Å². The summed E-state index contributed by atoms with van der Waals surface area (Å²) in [4.78, 5) is 0. The van der Waals surface area contributed by atoms with E-state index in [4.69, 9.17) is 0 Å². The highest BCUT2D eigenvalue weighted by Gasteiger charge is 2.47. The van der Waals surface area contributed by atoms with Crippen LogP contribution in [0, 0.1) is 0 Å². The smallest absolute Gasteiger partial charge is 0.137 e. The molecular formula is C9H21NSi2. The van der Waals surface area contributed by atoms with Crippen molar-refractivity contribution in [3.8, 4) is 0 Å². The van der Waals surface area contributed by atoms with Crippen LogP contribution in [0.15, 0.2) is 0 Å². The number of hydrogen-bond acceptors (Lipinski definition) is 1. The van der Waals surface area contributed by atoms with Gasteiger partial charge in [0.2, 0.25) is 0 Å². The molecule has 0 bridgehead atoms. The van der Waals surface area contributed by atoms with Crippen LogP contribution in [0.2, 0.25) is 23.7 Å². The molecule has 0 aromatic rings. The second-order valence-electron chi connectivity index (χ2n) is 4.51. The molecule has 1 aliphatic rings. The van der Waals surface area contributed by atoms with Gasteiger partial charge in [0, 0.05) is 0 Å². The van der Waals surface area contributed by atoms with Gasteiger partial charge in [-0.3, -0.25) is 0 Å². The normalized spacial score (nSPS) is 37.0. The van der Waals surface area contributed by atoms with Crippen LogP contribution >= 0.6 is 0 Å². The lowest BCUT2D eigenvalue weighted by atomic mass is 10.5. The molecule has 70 valence electrons. The van der Waals surface area contributed by atoms with Crippen LogP contribution in [0.3, 0.4) is 0 Å². The largest absolute Gasteiger partial charge is 0.347 e. The Labute approximate surface area is 80.5 Å². The van der Waals surface area contributed by atoms with Gasteiger partial charge in [-0.2, -0.15) is 0 Å². The number of hydrogen-bond donors (Lipinski definition) is 0. The molecule has 0 amide bonds. The first-order chi connectivity index (χ1) is 5.50. The highest BCUT2D eigenvalue weighted by Crippen LogP contribution is 2.39. The molecule has 1 nitrogen and oxygen atoms in total. The van der Waals surface area contributed by atoms with Crippen LogP contribution in [-0.2, 0) is 0 Å². The van der Waals surface area contributed by atoms with Crippen molar-refractivity contribution in [3.05, 3.63) is 0 Å². The maximum absolute atomic E-state index is 2.81. The van der Waals surface area contributed by atoms with E-state index in [0.29, 0.717) is 0 Å². The van der Waals surface area contributed by atoms with Gasteiger partial charge in [0.15, 0.2) is 0 Å². The minimum atomic E-state index is -0.921. The van der Waals surface area contributed by atoms with E-state index < -0.39 is 8.24 Å². The molecule has 1 aliphatic heterocycles. The molecule has 0 aliphatic carbocycles. The van der Waals surface area contributed by atoms with Gasteiger partial charge in [-0.1, -0.05) is 34.2 Å². The van der Waals surface area contributed by atoms with Gasteiger partial charge in [0.1, 0.15) is 17.9 Å². The first kappa shape index (κ1) is 10.5. The Morgan fingerprint density at radius 1 is 1.58 bits per heavy atom. The molecule has 0 aromatic carbocycles. The lowest BCUT2D eigenvalue weighted by Crippen LogP contribution is -2.67. The van der Waals surface area contributed by atoms with Crippen LogP contribution in [0.25, 0.3) is 0 Å². The molecule has 1 saturated heterocycles. The maximum Gasteiger partial charge on any atom is 0.137 e. The highest BCUT2D eigenvalue weighted by atomic mass is 28.4. The zero-order valence-electron chi connectivity index (χ0n) is 9.02. The summed E-state index contributed by atoms with van der Waals surface area (Å²) < 4.78 is 2.81. The second-order valence-corrected chi connectivity index (χ2v) is 11.9. The molecular weight excluding hydrogens is 178 g/mol. The fourth-order valence-electron chi connectivity index (χ4n) is 1.88. The van der Waals surface area contributed by atoms with Crippen molar-refractivity contribution in [1.29, 1.82) is 0 Å². The van der Waals surface area contributed by atoms with Crippen LogP contribution in [0.4, 0.5) is 0 Å². The van der Waals surface area contributed by atoms with Gasteiger partial charge in [0.25, 0.3) is 0 Å². The molecule has 1 heterocycles. The standard InChI is InChI=1S/C9H21NSi2/c1-6-12(5)9(4)7-10(12)11-8(2)3/h8-9H,6-7H2,1-5H3. The lowest BCUT2D eigenvalue weighted by molar-refractivity contribution is 0.490. The zero-order chi connectivity index (χ0) is 9.35. The highest BCUT2D eigenvalue weighted by molar-refractivity contribution is 6.85. The van der Waals surface area contributed by atoms with E-state index in [1.807, 2.05) is 0 Å². The van der Waals surface area contributed by atoms with Gasteiger partial charge in [0.05, 0.1) is 0 Å². The number of nitrogens with zero attached hydrogens (tertiary/aromatic N) is 1. The summed E-state index contributed by atoms with van der Waals surface area (Å²) in [5, 5.41) is 0. The van der Waals surface area contributed by atoms with E-state index in [0.717, 1.165) is 20.8 Å². The van der Waals surface area contributed by atoms with Gasteiger partial charge in [-0.25, -0.2) is 0 Å². The minimum Gasteiger partial charge on any atom is -0.347 e. The topological polar surface area (TPSA) is 3.24 Å². The van der Waals surface area contributed by atoms with Crippen molar-refractivity contribution in [2.24, 2.45) is 0 Å². The Kier molecular flexibility index (Phi) is 3.18. The Balaban J connectivity index is 2.48. The van der Waals surface area contributed by atoms with Gasteiger partial charge in [-0.15, -0.1) is 0 Å². The molecule has 0 N–H and O–H groups in total. The summed E-state index contributed by atoms with van der Waals surface area (Å²) in [7, 11) is 0.168. The fraction of sp³-hybridized carbons (Fsp3) is 1.00. The van der Waals surface area contributed by atoms with Gasteiger partial charge >= 0.3 is 0 Å². The Morgan fingerprint density at radius 3 is 2.50 bits per heavy atom. The van der Waals surface area contributed by atoms with E-state index >= 15 is 0 Å². The fourth-order valence-corrected chi connectivity index (χ4v) is 8.72. The molecule has 2 atom stereocenters. The first-order valence-electron chi connectivity index (χ1n) is 5.04. The summed E-state index contributed by atoms with van der Waals surface area (Å²) in [5.74, 6) is 0. The third-order valence-electron chi connectivity index (χ3n) is 3.26. The predicted molar refractivity (Wildman–Crippen MR) is 59.1 cm³/mol. The molecule has 0 spiro atoms. The molecule has 12 heavy (non-hydrogen) atoms. The van der Waals surface area contributed by atoms with Crippen LogP contribution < -0.4 is 0 Å². The minimum absolute atomic E-state index is 0.871. The third kappa shape index (κ3) is 1.68. The Hall–Kier alpha value is 0.394. The van der Waals surface area contributed by atoms with Crippen molar-refractivity contribution in [1.82, 2.24) is 4.23 Å². The summed E-state index contributed by atoms with van der Waals surface area (Å²) in [6, 6.07) is 1.44. The average Bonchev–Trinajstić information content (AvgIpc) is 2.02. The summed E-state index contributed by atoms with van der Waals surface area (Å²) in [6.45, 7) is 13.4. The molecule has 3 heteroatoms. The monoisotopic (exact) mass is 199 g/mol. The quantitative estimate of drug-likeness (QED) is 0.632. The Morgan fingerprint density at radius 2 is 2.17 bits per heavy atom. The summed E-state index contributed by atoms with van der Waals surface area (Å²) in [6.07, 6.45) is 0. The molecule has 1 fully saturated rings. The SMILES string of the molecule is CC[Si]1(C)C(C)CN1[Si]C(C)C. The van der Waals surface area contributed by atoms with Crippen molar-refractivity contribution < 1.29 is 0 Å². The van der Waals surface area contributed by atoms with Crippen molar-refractivity contribution >= 4 is 17.9 Å². The molecule has 1 rings (SSSR count). The van der Waals surface area contributed by atoms with E-state index in [1.165, 1.54) is 12.6 Å². The predicted octanol–water partition coefficient (Wildman–Crippen LogP) is 2.73. The van der Waals surface area contributed by atoms with E-state index in [-0.39, 0.29) is 0 Å². The first-order valence-corrected chi connectivity index (χ1v) is 8.80. The average molecular weight is 199 g/mol. The van der Waals surface area contributed by atoms with E-state index in [9.17, 15) is 0 Å². The second kappa shape index (κ2) is 3.64.